The highest BCUT2D eigenvalue weighted by molar-refractivity contribution is 5.96. The molecule has 0 saturated carbocycles. The van der Waals surface area contributed by atoms with Crippen LogP contribution in [0.5, 0.6) is 0 Å². The number of nitro benzene ring substituents is 1. The van der Waals surface area contributed by atoms with Crippen LogP contribution in [0.4, 0.5) is 11.4 Å². The first-order chi connectivity index (χ1) is 12.7. The van der Waals surface area contributed by atoms with Gasteiger partial charge < -0.3 is 9.88 Å². The molecule has 0 spiro atoms. The highest BCUT2D eigenvalue weighted by atomic mass is 16.6. The Morgan fingerprint density at radius 2 is 1.92 bits per heavy atom. The molecular weight excluding hydrogens is 330 g/mol. The van der Waals surface area contributed by atoms with E-state index >= 15 is 0 Å². The Bertz CT molecular complexity index is 1060. The molecule has 26 heavy (non-hydrogen) atoms. The number of pyridine rings is 1. The predicted molar refractivity (Wildman–Crippen MR) is 99.3 cm³/mol. The largest absolute Gasteiger partial charge is 0.379 e. The molecule has 1 N–H and O–H groups in total. The van der Waals surface area contributed by atoms with E-state index in [2.05, 4.69) is 15.3 Å². The van der Waals surface area contributed by atoms with Crippen molar-refractivity contribution in [3.8, 4) is 5.69 Å². The smallest absolute Gasteiger partial charge is 0.278 e. The molecule has 4 aromatic rings. The maximum absolute atomic E-state index is 11.2. The molecule has 128 valence electrons. The Kier molecular flexibility index (Phi) is 4.03. The van der Waals surface area contributed by atoms with Gasteiger partial charge in [-0.3, -0.25) is 15.1 Å². The Morgan fingerprint density at radius 3 is 2.65 bits per heavy atom. The zero-order valence-corrected chi connectivity index (χ0v) is 13.7. The molecular formula is C19H15N5O2. The average molecular weight is 345 g/mol. The molecule has 4 rings (SSSR count). The lowest BCUT2D eigenvalue weighted by atomic mass is 10.1. The van der Waals surface area contributed by atoms with E-state index in [9.17, 15) is 10.1 Å². The number of hydrogen-bond donors (Lipinski definition) is 1. The van der Waals surface area contributed by atoms with Crippen molar-refractivity contribution in [2.24, 2.45) is 0 Å². The molecule has 2 heterocycles. The second kappa shape index (κ2) is 6.64. The fourth-order valence-electron chi connectivity index (χ4n) is 2.85. The maximum Gasteiger partial charge on any atom is 0.278 e. The lowest BCUT2D eigenvalue weighted by molar-refractivity contribution is -0.383. The molecule has 0 saturated heterocycles. The summed E-state index contributed by atoms with van der Waals surface area (Å²) in [7, 11) is 0. The number of non-ortho nitro benzene ring substituents is 1. The summed E-state index contributed by atoms with van der Waals surface area (Å²) in [5, 5.41) is 15.0. The fourth-order valence-corrected chi connectivity index (χ4v) is 2.85. The molecule has 7 heteroatoms. The number of imidazole rings is 1. The van der Waals surface area contributed by atoms with Crippen LogP contribution in [-0.2, 0) is 6.54 Å². The van der Waals surface area contributed by atoms with Gasteiger partial charge in [0.15, 0.2) is 0 Å². The quantitative estimate of drug-likeness (QED) is 0.437. The second-order valence-corrected chi connectivity index (χ2v) is 5.78. The fraction of sp³-hybridized carbons (Fsp3) is 0.0526. The van der Waals surface area contributed by atoms with Crippen LogP contribution in [0.1, 0.15) is 5.56 Å². The number of rotatable bonds is 5. The Hall–Kier alpha value is -3.74. The number of benzene rings is 2. The van der Waals surface area contributed by atoms with Crippen molar-refractivity contribution in [1.82, 2.24) is 14.5 Å². The van der Waals surface area contributed by atoms with Gasteiger partial charge in [0, 0.05) is 36.9 Å². The molecule has 0 atom stereocenters. The minimum Gasteiger partial charge on any atom is -0.379 e. The minimum atomic E-state index is -0.386. The molecule has 2 aromatic heterocycles. The van der Waals surface area contributed by atoms with E-state index in [0.29, 0.717) is 17.4 Å². The number of fused-ring (bicyclic) bond motifs is 1. The topological polar surface area (TPSA) is 85.9 Å². The zero-order chi connectivity index (χ0) is 17.9. The molecule has 0 bridgehead atoms. The number of hydrogen-bond acceptors (Lipinski definition) is 5. The molecule has 0 aliphatic carbocycles. The van der Waals surface area contributed by atoms with Gasteiger partial charge in [-0.15, -0.1) is 0 Å². The van der Waals surface area contributed by atoms with Crippen molar-refractivity contribution in [2.75, 3.05) is 5.32 Å². The standard InChI is InChI=1S/C19H15N5O2/c25-24(26)18-8-7-17(19-16(18)2-1-9-21-19)22-12-14-3-5-15(6-4-14)23-11-10-20-13-23/h1-11,13,22H,12H2. The van der Waals surface area contributed by atoms with E-state index in [1.54, 1.807) is 36.9 Å². The number of nitrogens with one attached hydrogen (secondary N) is 1. The van der Waals surface area contributed by atoms with Crippen LogP contribution in [-0.4, -0.2) is 19.5 Å². The summed E-state index contributed by atoms with van der Waals surface area (Å²) in [4.78, 5) is 19.1. The van der Waals surface area contributed by atoms with Gasteiger partial charge in [0.1, 0.15) is 5.52 Å². The molecule has 0 amide bonds. The minimum absolute atomic E-state index is 0.0586. The average Bonchev–Trinajstić information content (AvgIpc) is 3.21. The van der Waals surface area contributed by atoms with Crippen LogP contribution in [0.3, 0.4) is 0 Å². The number of anilines is 1. The summed E-state index contributed by atoms with van der Waals surface area (Å²) < 4.78 is 1.94. The number of aromatic nitrogens is 3. The van der Waals surface area contributed by atoms with E-state index in [-0.39, 0.29) is 10.6 Å². The van der Waals surface area contributed by atoms with Gasteiger partial charge in [-0.2, -0.15) is 0 Å². The van der Waals surface area contributed by atoms with Crippen molar-refractivity contribution >= 4 is 22.3 Å². The molecule has 0 radical (unpaired) electrons. The van der Waals surface area contributed by atoms with Crippen molar-refractivity contribution in [2.45, 2.75) is 6.54 Å². The zero-order valence-electron chi connectivity index (χ0n) is 13.7. The normalized spacial score (nSPS) is 10.8. The van der Waals surface area contributed by atoms with Gasteiger partial charge in [0.2, 0.25) is 0 Å². The lowest BCUT2D eigenvalue weighted by Crippen LogP contribution is -2.02. The first-order valence-corrected chi connectivity index (χ1v) is 8.05. The van der Waals surface area contributed by atoms with Crippen LogP contribution >= 0.6 is 0 Å². The van der Waals surface area contributed by atoms with Crippen molar-refractivity contribution in [3.63, 3.8) is 0 Å². The van der Waals surface area contributed by atoms with Crippen LogP contribution in [0, 0.1) is 10.1 Å². The van der Waals surface area contributed by atoms with Gasteiger partial charge in [-0.1, -0.05) is 12.1 Å². The van der Waals surface area contributed by atoms with Gasteiger partial charge in [-0.25, -0.2) is 4.98 Å². The van der Waals surface area contributed by atoms with Gasteiger partial charge in [0.05, 0.1) is 22.3 Å². The van der Waals surface area contributed by atoms with E-state index < -0.39 is 0 Å². The number of nitrogens with zero attached hydrogens (tertiary/aromatic N) is 4. The summed E-state index contributed by atoms with van der Waals surface area (Å²) in [5.41, 5.74) is 3.55. The van der Waals surface area contributed by atoms with Crippen molar-refractivity contribution in [3.05, 3.63) is 89.1 Å². The Morgan fingerprint density at radius 1 is 1.08 bits per heavy atom. The first-order valence-electron chi connectivity index (χ1n) is 8.05. The van der Waals surface area contributed by atoms with E-state index in [4.69, 9.17) is 0 Å². The van der Waals surface area contributed by atoms with Gasteiger partial charge in [-0.05, 0) is 35.9 Å². The SMILES string of the molecule is O=[N+]([O-])c1ccc(NCc2ccc(-n3ccnc3)cc2)c2ncccc12. The third-order valence-corrected chi connectivity index (χ3v) is 4.17. The maximum atomic E-state index is 11.2. The molecule has 0 unspecified atom stereocenters. The highest BCUT2D eigenvalue weighted by Gasteiger charge is 2.14. The Labute approximate surface area is 149 Å². The van der Waals surface area contributed by atoms with E-state index in [0.717, 1.165) is 16.9 Å². The van der Waals surface area contributed by atoms with E-state index in [1.807, 2.05) is 35.0 Å². The van der Waals surface area contributed by atoms with Crippen molar-refractivity contribution in [1.29, 1.82) is 0 Å². The molecule has 0 aliphatic heterocycles. The molecule has 7 nitrogen and oxygen atoms in total. The summed E-state index contributed by atoms with van der Waals surface area (Å²) in [5.74, 6) is 0. The molecule has 0 fully saturated rings. The molecule has 0 aliphatic rings. The van der Waals surface area contributed by atoms with Crippen molar-refractivity contribution < 1.29 is 4.92 Å². The summed E-state index contributed by atoms with van der Waals surface area (Å²) in [6.07, 6.45) is 7.02. The number of nitro groups is 1. The third-order valence-electron chi connectivity index (χ3n) is 4.17. The Balaban J connectivity index is 1.57. The third kappa shape index (κ3) is 2.98. The summed E-state index contributed by atoms with van der Waals surface area (Å²) in [6, 6.07) is 14.7. The van der Waals surface area contributed by atoms with Gasteiger partial charge in [0.25, 0.3) is 5.69 Å². The van der Waals surface area contributed by atoms with Crippen LogP contribution in [0.2, 0.25) is 0 Å². The second-order valence-electron chi connectivity index (χ2n) is 5.78. The van der Waals surface area contributed by atoms with E-state index in [1.165, 1.54) is 6.07 Å². The lowest BCUT2D eigenvalue weighted by Gasteiger charge is -2.10. The first kappa shape index (κ1) is 15.8. The van der Waals surface area contributed by atoms with Crippen LogP contribution in [0.25, 0.3) is 16.6 Å². The van der Waals surface area contributed by atoms with Gasteiger partial charge >= 0.3 is 0 Å². The predicted octanol–water partition coefficient (Wildman–Crippen LogP) is 3.94. The molecule has 2 aromatic carbocycles. The monoisotopic (exact) mass is 345 g/mol. The van der Waals surface area contributed by atoms with Crippen LogP contribution < -0.4 is 5.32 Å². The summed E-state index contributed by atoms with van der Waals surface area (Å²) >= 11 is 0. The highest BCUT2D eigenvalue weighted by Crippen LogP contribution is 2.30. The van der Waals surface area contributed by atoms with Crippen LogP contribution in [0.15, 0.2) is 73.4 Å². The summed E-state index contributed by atoms with van der Waals surface area (Å²) in [6.45, 7) is 0.591.